The molecular formula is C15H13FN2O. The van der Waals surface area contributed by atoms with Gasteiger partial charge in [-0.05, 0) is 42.3 Å². The molecule has 0 bridgehead atoms. The fourth-order valence-electron chi connectivity index (χ4n) is 1.55. The molecule has 2 aromatic rings. The number of amides is 1. The molecule has 0 radical (unpaired) electrons. The number of hydrogen-bond acceptors (Lipinski definition) is 2. The van der Waals surface area contributed by atoms with E-state index < -0.39 is 0 Å². The lowest BCUT2D eigenvalue weighted by atomic mass is 10.2. The first-order valence-electron chi connectivity index (χ1n) is 5.80. The smallest absolute Gasteiger partial charge is 0.248 e. The molecule has 1 amide bonds. The standard InChI is InChI=1S/C15H13FN2O/c1-11-7-8-17-10-14(11)18-15(19)6-5-12-3-2-4-13(16)9-12/h2-10H,1H3,(H,18,19)/b6-5+. The van der Waals surface area contributed by atoms with Crippen molar-refractivity contribution >= 4 is 17.7 Å². The van der Waals surface area contributed by atoms with Crippen molar-refractivity contribution in [3.05, 3.63) is 65.7 Å². The number of nitrogens with one attached hydrogen (secondary N) is 1. The number of nitrogens with zero attached hydrogens (tertiary/aromatic N) is 1. The number of hydrogen-bond donors (Lipinski definition) is 1. The summed E-state index contributed by atoms with van der Waals surface area (Å²) in [4.78, 5) is 15.6. The van der Waals surface area contributed by atoms with Crippen LogP contribution < -0.4 is 5.32 Å². The summed E-state index contributed by atoms with van der Waals surface area (Å²) in [6, 6.07) is 7.85. The van der Waals surface area contributed by atoms with E-state index in [1.165, 1.54) is 18.2 Å². The van der Waals surface area contributed by atoms with Gasteiger partial charge in [-0.15, -0.1) is 0 Å². The van der Waals surface area contributed by atoms with Crippen molar-refractivity contribution in [3.8, 4) is 0 Å². The van der Waals surface area contributed by atoms with Gasteiger partial charge < -0.3 is 5.32 Å². The number of benzene rings is 1. The summed E-state index contributed by atoms with van der Waals surface area (Å²) in [5.74, 6) is -0.606. The molecule has 0 saturated carbocycles. The van der Waals surface area contributed by atoms with E-state index in [9.17, 15) is 9.18 Å². The molecule has 4 heteroatoms. The van der Waals surface area contributed by atoms with Gasteiger partial charge in [0.2, 0.25) is 5.91 Å². The Hall–Kier alpha value is -2.49. The fourth-order valence-corrected chi connectivity index (χ4v) is 1.55. The maximum atomic E-state index is 12.9. The molecule has 2 rings (SSSR count). The third kappa shape index (κ3) is 3.74. The normalized spacial score (nSPS) is 10.6. The molecule has 0 aliphatic carbocycles. The molecule has 0 atom stereocenters. The SMILES string of the molecule is Cc1ccncc1NC(=O)/C=C/c1cccc(F)c1. The van der Waals surface area contributed by atoms with E-state index in [0.29, 0.717) is 11.3 Å². The topological polar surface area (TPSA) is 42.0 Å². The van der Waals surface area contributed by atoms with Crippen LogP contribution >= 0.6 is 0 Å². The van der Waals surface area contributed by atoms with Crippen LogP contribution in [0.1, 0.15) is 11.1 Å². The molecule has 0 unspecified atom stereocenters. The second kappa shape index (κ2) is 5.91. The van der Waals surface area contributed by atoms with Crippen molar-refractivity contribution in [2.45, 2.75) is 6.92 Å². The lowest BCUT2D eigenvalue weighted by Gasteiger charge is -2.04. The van der Waals surface area contributed by atoms with Crippen molar-refractivity contribution in [2.75, 3.05) is 5.32 Å². The first-order chi connectivity index (χ1) is 9.15. The number of aryl methyl sites for hydroxylation is 1. The molecule has 0 fully saturated rings. The summed E-state index contributed by atoms with van der Waals surface area (Å²) >= 11 is 0. The van der Waals surface area contributed by atoms with E-state index in [1.807, 2.05) is 13.0 Å². The Morgan fingerprint density at radius 2 is 2.21 bits per heavy atom. The van der Waals surface area contributed by atoms with Crippen LogP contribution in [0.25, 0.3) is 6.08 Å². The molecule has 3 nitrogen and oxygen atoms in total. The Bertz CT molecular complexity index is 623. The van der Waals surface area contributed by atoms with Crippen molar-refractivity contribution in [3.63, 3.8) is 0 Å². The van der Waals surface area contributed by atoms with Gasteiger partial charge in [0.1, 0.15) is 5.82 Å². The Balaban J connectivity index is 2.04. The predicted octanol–water partition coefficient (Wildman–Crippen LogP) is 3.18. The van der Waals surface area contributed by atoms with E-state index in [0.717, 1.165) is 5.56 Å². The minimum Gasteiger partial charge on any atom is -0.321 e. The van der Waals surface area contributed by atoms with Crippen molar-refractivity contribution < 1.29 is 9.18 Å². The van der Waals surface area contributed by atoms with Crippen LogP contribution in [0.15, 0.2) is 48.8 Å². The number of anilines is 1. The van der Waals surface area contributed by atoms with Crippen LogP contribution in [-0.4, -0.2) is 10.9 Å². The molecular weight excluding hydrogens is 243 g/mol. The van der Waals surface area contributed by atoms with Crippen LogP contribution in [0, 0.1) is 12.7 Å². The van der Waals surface area contributed by atoms with Crippen LogP contribution in [0.2, 0.25) is 0 Å². The fraction of sp³-hybridized carbons (Fsp3) is 0.0667. The first kappa shape index (κ1) is 13.0. The summed E-state index contributed by atoms with van der Waals surface area (Å²) in [5.41, 5.74) is 2.23. The van der Waals surface area contributed by atoms with E-state index >= 15 is 0 Å². The molecule has 1 heterocycles. The Morgan fingerprint density at radius 1 is 1.37 bits per heavy atom. The second-order valence-corrected chi connectivity index (χ2v) is 4.07. The van der Waals surface area contributed by atoms with Gasteiger partial charge in [-0.2, -0.15) is 0 Å². The van der Waals surface area contributed by atoms with Gasteiger partial charge >= 0.3 is 0 Å². The molecule has 96 valence electrons. The number of carbonyl (C=O) groups excluding carboxylic acids is 1. The highest BCUT2D eigenvalue weighted by Gasteiger charge is 2.01. The summed E-state index contributed by atoms with van der Waals surface area (Å²) < 4.78 is 12.9. The molecule has 1 aromatic carbocycles. The zero-order valence-corrected chi connectivity index (χ0v) is 10.4. The highest BCUT2D eigenvalue weighted by atomic mass is 19.1. The molecule has 0 saturated heterocycles. The van der Waals surface area contributed by atoms with Gasteiger partial charge in [-0.1, -0.05) is 12.1 Å². The van der Waals surface area contributed by atoms with Gasteiger partial charge in [0.05, 0.1) is 11.9 Å². The molecule has 1 N–H and O–H groups in total. The van der Waals surface area contributed by atoms with Gasteiger partial charge in [0, 0.05) is 12.3 Å². The highest BCUT2D eigenvalue weighted by molar-refractivity contribution is 6.02. The van der Waals surface area contributed by atoms with E-state index in [4.69, 9.17) is 0 Å². The Kier molecular flexibility index (Phi) is 4.03. The third-order valence-electron chi connectivity index (χ3n) is 2.57. The molecule has 0 spiro atoms. The number of halogens is 1. The monoisotopic (exact) mass is 256 g/mol. The first-order valence-corrected chi connectivity index (χ1v) is 5.80. The average molecular weight is 256 g/mol. The lowest BCUT2D eigenvalue weighted by molar-refractivity contribution is -0.111. The van der Waals surface area contributed by atoms with Crippen LogP contribution in [0.5, 0.6) is 0 Å². The third-order valence-corrected chi connectivity index (χ3v) is 2.57. The van der Waals surface area contributed by atoms with Gasteiger partial charge in [0.15, 0.2) is 0 Å². The summed E-state index contributed by atoms with van der Waals surface area (Å²) in [7, 11) is 0. The number of pyridine rings is 1. The summed E-state index contributed by atoms with van der Waals surface area (Å²) in [6.45, 7) is 1.88. The van der Waals surface area contributed by atoms with E-state index in [2.05, 4.69) is 10.3 Å². The largest absolute Gasteiger partial charge is 0.321 e. The molecule has 1 aromatic heterocycles. The second-order valence-electron chi connectivity index (χ2n) is 4.07. The van der Waals surface area contributed by atoms with Crippen molar-refractivity contribution in [1.29, 1.82) is 0 Å². The average Bonchev–Trinajstić information content (AvgIpc) is 2.39. The zero-order valence-electron chi connectivity index (χ0n) is 10.4. The van der Waals surface area contributed by atoms with Gasteiger partial charge in [-0.25, -0.2) is 4.39 Å². The van der Waals surface area contributed by atoms with Crippen LogP contribution in [0.3, 0.4) is 0 Å². The number of rotatable bonds is 3. The summed E-state index contributed by atoms with van der Waals surface area (Å²) in [6.07, 6.45) is 6.17. The Morgan fingerprint density at radius 3 is 2.95 bits per heavy atom. The summed E-state index contributed by atoms with van der Waals surface area (Å²) in [5, 5.41) is 2.71. The quantitative estimate of drug-likeness (QED) is 0.857. The minimum atomic E-state index is -0.328. The zero-order chi connectivity index (χ0) is 13.7. The molecule has 0 aliphatic rings. The lowest BCUT2D eigenvalue weighted by Crippen LogP contribution is -2.09. The minimum absolute atomic E-state index is 0.277. The van der Waals surface area contributed by atoms with Crippen molar-refractivity contribution in [1.82, 2.24) is 4.98 Å². The van der Waals surface area contributed by atoms with E-state index in [1.54, 1.807) is 30.6 Å². The van der Waals surface area contributed by atoms with Crippen LogP contribution in [-0.2, 0) is 4.79 Å². The van der Waals surface area contributed by atoms with Gasteiger partial charge in [-0.3, -0.25) is 9.78 Å². The van der Waals surface area contributed by atoms with Crippen LogP contribution in [0.4, 0.5) is 10.1 Å². The number of carbonyl (C=O) groups is 1. The predicted molar refractivity (Wildman–Crippen MR) is 73.0 cm³/mol. The van der Waals surface area contributed by atoms with Crippen molar-refractivity contribution in [2.24, 2.45) is 0 Å². The highest BCUT2D eigenvalue weighted by Crippen LogP contribution is 2.11. The van der Waals surface area contributed by atoms with Gasteiger partial charge in [0.25, 0.3) is 0 Å². The molecule has 0 aliphatic heterocycles. The molecule has 19 heavy (non-hydrogen) atoms. The maximum Gasteiger partial charge on any atom is 0.248 e. The van der Waals surface area contributed by atoms with E-state index in [-0.39, 0.29) is 11.7 Å². The Labute approximate surface area is 110 Å². The number of aromatic nitrogens is 1. The maximum absolute atomic E-state index is 12.9.